The average molecular weight is 435 g/mol. The van der Waals surface area contributed by atoms with Crippen LogP contribution < -0.4 is 10.1 Å². The number of carbonyl (C=O) groups is 1. The van der Waals surface area contributed by atoms with E-state index in [0.29, 0.717) is 11.9 Å². The number of halogens is 4. The second kappa shape index (κ2) is 7.60. The van der Waals surface area contributed by atoms with Gasteiger partial charge in [-0.2, -0.15) is 0 Å². The molecular weight excluding hydrogens is 418 g/mol. The van der Waals surface area contributed by atoms with Crippen molar-refractivity contribution in [3.8, 4) is 5.75 Å². The number of alkyl halides is 3. The summed E-state index contributed by atoms with van der Waals surface area (Å²) in [6, 6.07) is 6.45. The van der Waals surface area contributed by atoms with Crippen LogP contribution in [0.15, 0.2) is 34.7 Å². The van der Waals surface area contributed by atoms with Crippen LogP contribution in [-0.2, 0) is 6.42 Å². The summed E-state index contributed by atoms with van der Waals surface area (Å²) in [5.41, 5.74) is 3.24. The van der Waals surface area contributed by atoms with E-state index in [1.54, 1.807) is 6.07 Å². The summed E-state index contributed by atoms with van der Waals surface area (Å²) in [6.45, 7) is 3.94. The van der Waals surface area contributed by atoms with E-state index in [1.165, 1.54) is 12.1 Å². The Labute approximate surface area is 173 Å². The standard InChI is InChI=1S/C21H17F4N3O3/c1-10-3-5-14(22)18-17(10)13(11(2)27-18)7-8-26-19(29)20-28-15-9-12(31-21(23,24)25)4-6-16(15)30-20/h3-6,9,27H,7-8H2,1-2H3,(H,26,29). The molecule has 0 atom stereocenters. The second-order valence-electron chi connectivity index (χ2n) is 7.05. The first kappa shape index (κ1) is 20.7. The van der Waals surface area contributed by atoms with Crippen LogP contribution in [0.3, 0.4) is 0 Å². The number of oxazole rings is 1. The molecule has 0 saturated heterocycles. The van der Waals surface area contributed by atoms with Gasteiger partial charge >= 0.3 is 12.3 Å². The summed E-state index contributed by atoms with van der Waals surface area (Å²) >= 11 is 0. The molecule has 31 heavy (non-hydrogen) atoms. The number of amides is 1. The van der Waals surface area contributed by atoms with Crippen LogP contribution in [0.25, 0.3) is 22.0 Å². The zero-order valence-corrected chi connectivity index (χ0v) is 16.5. The molecule has 0 aliphatic rings. The first-order chi connectivity index (χ1) is 14.6. The average Bonchev–Trinajstić information content (AvgIpc) is 3.25. The van der Waals surface area contributed by atoms with E-state index in [2.05, 4.69) is 20.0 Å². The van der Waals surface area contributed by atoms with Gasteiger partial charge in [-0.15, -0.1) is 13.2 Å². The van der Waals surface area contributed by atoms with E-state index in [0.717, 1.165) is 34.3 Å². The molecule has 162 valence electrons. The topological polar surface area (TPSA) is 80.2 Å². The zero-order valence-electron chi connectivity index (χ0n) is 16.5. The van der Waals surface area contributed by atoms with E-state index >= 15 is 0 Å². The SMILES string of the molecule is Cc1[nH]c2c(F)ccc(C)c2c1CCNC(=O)c1nc2cc(OC(F)(F)F)ccc2o1. The Morgan fingerprint density at radius 3 is 2.74 bits per heavy atom. The largest absolute Gasteiger partial charge is 0.573 e. The molecule has 0 aliphatic carbocycles. The summed E-state index contributed by atoms with van der Waals surface area (Å²) in [4.78, 5) is 19.3. The number of aromatic amines is 1. The molecule has 1 amide bonds. The fourth-order valence-corrected chi connectivity index (χ4v) is 3.53. The Morgan fingerprint density at radius 2 is 2.00 bits per heavy atom. The maximum absolute atomic E-state index is 14.1. The number of aryl methyl sites for hydroxylation is 2. The normalized spacial score (nSPS) is 11.9. The number of fused-ring (bicyclic) bond motifs is 2. The molecule has 6 nitrogen and oxygen atoms in total. The highest BCUT2D eigenvalue weighted by atomic mass is 19.4. The van der Waals surface area contributed by atoms with Crippen molar-refractivity contribution in [2.24, 2.45) is 0 Å². The Hall–Kier alpha value is -3.56. The second-order valence-corrected chi connectivity index (χ2v) is 7.05. The monoisotopic (exact) mass is 435 g/mol. The number of rotatable bonds is 5. The van der Waals surface area contributed by atoms with E-state index in [4.69, 9.17) is 4.42 Å². The third kappa shape index (κ3) is 4.18. The predicted octanol–water partition coefficient (Wildman–Crippen LogP) is 4.94. The van der Waals surface area contributed by atoms with Crippen molar-refractivity contribution in [2.45, 2.75) is 26.6 Å². The lowest BCUT2D eigenvalue weighted by atomic mass is 10.0. The maximum Gasteiger partial charge on any atom is 0.573 e. The van der Waals surface area contributed by atoms with Gasteiger partial charge in [0.2, 0.25) is 0 Å². The number of hydrogen-bond acceptors (Lipinski definition) is 4. The van der Waals surface area contributed by atoms with Crippen LogP contribution in [0.2, 0.25) is 0 Å². The number of H-pyrrole nitrogens is 1. The van der Waals surface area contributed by atoms with Gasteiger partial charge in [0.05, 0.1) is 5.52 Å². The lowest BCUT2D eigenvalue weighted by molar-refractivity contribution is -0.274. The van der Waals surface area contributed by atoms with Crippen molar-refractivity contribution in [1.82, 2.24) is 15.3 Å². The molecule has 0 bridgehead atoms. The molecule has 2 aromatic carbocycles. The highest BCUT2D eigenvalue weighted by Crippen LogP contribution is 2.28. The van der Waals surface area contributed by atoms with Crippen molar-refractivity contribution < 1.29 is 31.5 Å². The number of hydrogen-bond donors (Lipinski definition) is 2. The highest BCUT2D eigenvalue weighted by Gasteiger charge is 2.31. The first-order valence-electron chi connectivity index (χ1n) is 9.33. The summed E-state index contributed by atoms with van der Waals surface area (Å²) in [5, 5.41) is 3.45. The van der Waals surface area contributed by atoms with Crippen molar-refractivity contribution in [3.05, 3.63) is 58.9 Å². The van der Waals surface area contributed by atoms with Gasteiger partial charge < -0.3 is 19.5 Å². The summed E-state index contributed by atoms with van der Waals surface area (Å²) in [5.74, 6) is -1.70. The number of nitrogens with zero attached hydrogens (tertiary/aromatic N) is 1. The van der Waals surface area contributed by atoms with Crippen molar-refractivity contribution in [1.29, 1.82) is 0 Å². The Balaban J connectivity index is 1.47. The lowest BCUT2D eigenvalue weighted by Crippen LogP contribution is -2.26. The summed E-state index contributed by atoms with van der Waals surface area (Å²) in [7, 11) is 0. The van der Waals surface area contributed by atoms with Crippen LogP contribution in [-0.4, -0.2) is 28.8 Å². The van der Waals surface area contributed by atoms with Crippen molar-refractivity contribution in [2.75, 3.05) is 6.54 Å². The minimum Gasteiger partial charge on any atom is -0.432 e. The van der Waals surface area contributed by atoms with Crippen LogP contribution >= 0.6 is 0 Å². The number of nitrogens with one attached hydrogen (secondary N) is 2. The van der Waals surface area contributed by atoms with Gasteiger partial charge in [0.25, 0.3) is 5.89 Å². The summed E-state index contributed by atoms with van der Waals surface area (Å²) in [6.07, 6.45) is -4.40. The maximum atomic E-state index is 14.1. The molecule has 2 aromatic heterocycles. The first-order valence-corrected chi connectivity index (χ1v) is 9.33. The van der Waals surface area contributed by atoms with E-state index in [1.807, 2.05) is 13.8 Å². The number of carbonyl (C=O) groups excluding carboxylic acids is 1. The molecule has 0 aliphatic heterocycles. The molecular formula is C21H17F4N3O3. The molecule has 0 saturated carbocycles. The fourth-order valence-electron chi connectivity index (χ4n) is 3.53. The Morgan fingerprint density at radius 1 is 1.23 bits per heavy atom. The molecule has 0 unspecified atom stereocenters. The van der Waals surface area contributed by atoms with Gasteiger partial charge in [-0.3, -0.25) is 4.79 Å². The molecule has 0 spiro atoms. The Bertz CT molecular complexity index is 1290. The van der Waals surface area contributed by atoms with Crippen molar-refractivity contribution >= 4 is 27.9 Å². The number of benzene rings is 2. The molecule has 4 rings (SSSR count). The number of aromatic nitrogens is 2. The van der Waals surface area contributed by atoms with Crippen LogP contribution in [0.4, 0.5) is 17.6 Å². The van der Waals surface area contributed by atoms with Gasteiger partial charge in [-0.25, -0.2) is 9.37 Å². The minimum absolute atomic E-state index is 0.0606. The van der Waals surface area contributed by atoms with Crippen LogP contribution in [0.5, 0.6) is 5.75 Å². The van der Waals surface area contributed by atoms with Crippen molar-refractivity contribution in [3.63, 3.8) is 0 Å². The zero-order chi connectivity index (χ0) is 22.3. The fraction of sp³-hybridized carbons (Fsp3) is 0.238. The van der Waals surface area contributed by atoms with Gasteiger partial charge in [-0.1, -0.05) is 6.07 Å². The smallest absolute Gasteiger partial charge is 0.432 e. The van der Waals surface area contributed by atoms with E-state index in [9.17, 15) is 22.4 Å². The Kier molecular flexibility index (Phi) is 5.08. The molecule has 2 heterocycles. The molecule has 4 aromatic rings. The minimum atomic E-state index is -4.83. The van der Waals surface area contributed by atoms with E-state index in [-0.39, 0.29) is 29.4 Å². The van der Waals surface area contributed by atoms with Crippen LogP contribution in [0, 0.1) is 19.7 Å². The molecule has 0 fully saturated rings. The van der Waals surface area contributed by atoms with Crippen LogP contribution in [0.1, 0.15) is 27.5 Å². The van der Waals surface area contributed by atoms with E-state index < -0.39 is 18.0 Å². The lowest BCUT2D eigenvalue weighted by Gasteiger charge is -2.07. The predicted molar refractivity (Wildman–Crippen MR) is 104 cm³/mol. The third-order valence-corrected chi connectivity index (χ3v) is 4.88. The van der Waals surface area contributed by atoms with Gasteiger partial charge in [0.15, 0.2) is 5.58 Å². The van der Waals surface area contributed by atoms with Gasteiger partial charge in [0, 0.05) is 23.7 Å². The molecule has 10 heteroatoms. The third-order valence-electron chi connectivity index (χ3n) is 4.88. The van der Waals surface area contributed by atoms with Gasteiger partial charge in [-0.05, 0) is 49.6 Å². The molecule has 0 radical (unpaired) electrons. The number of ether oxygens (including phenoxy) is 1. The quantitative estimate of drug-likeness (QED) is 0.436. The van der Waals surface area contributed by atoms with Gasteiger partial charge in [0.1, 0.15) is 17.1 Å². The molecule has 2 N–H and O–H groups in total. The highest BCUT2D eigenvalue weighted by molar-refractivity contribution is 5.92. The summed E-state index contributed by atoms with van der Waals surface area (Å²) < 4.78 is 60.3.